The Labute approximate surface area is 97.9 Å². The fraction of sp³-hybridized carbons (Fsp3) is 0. The zero-order valence-corrected chi connectivity index (χ0v) is 8.92. The first-order valence-electron chi connectivity index (χ1n) is 4.97. The van der Waals surface area contributed by atoms with Crippen LogP contribution in [0.5, 0.6) is 0 Å². The first-order chi connectivity index (χ1) is 8.16. The van der Waals surface area contributed by atoms with E-state index in [0.717, 1.165) is 0 Å². The number of hydrogen-bond acceptors (Lipinski definition) is 4. The van der Waals surface area contributed by atoms with Gasteiger partial charge in [-0.2, -0.15) is 0 Å². The van der Waals surface area contributed by atoms with Crippen molar-refractivity contribution in [2.24, 2.45) is 0 Å². The molecule has 0 radical (unpaired) electrons. The zero-order chi connectivity index (χ0) is 12.3. The molecule has 86 valence electrons. The van der Waals surface area contributed by atoms with E-state index >= 15 is 0 Å². The molecule has 0 amide bonds. The van der Waals surface area contributed by atoms with Crippen molar-refractivity contribution in [1.82, 2.24) is 4.98 Å². The molecule has 0 aliphatic rings. The van der Waals surface area contributed by atoms with Crippen molar-refractivity contribution in [2.75, 3.05) is 11.1 Å². The minimum absolute atomic E-state index is 0.200. The van der Waals surface area contributed by atoms with Crippen LogP contribution in [0.25, 0.3) is 0 Å². The third-order valence-corrected chi connectivity index (χ3v) is 2.21. The summed E-state index contributed by atoms with van der Waals surface area (Å²) in [7, 11) is 0. The highest BCUT2D eigenvalue weighted by atomic mass is 16.4. The number of hydrogen-bond donors (Lipinski definition) is 3. The van der Waals surface area contributed by atoms with Crippen molar-refractivity contribution in [3.63, 3.8) is 0 Å². The van der Waals surface area contributed by atoms with E-state index < -0.39 is 5.97 Å². The van der Waals surface area contributed by atoms with E-state index in [0.29, 0.717) is 17.2 Å². The Hall–Kier alpha value is -2.56. The van der Waals surface area contributed by atoms with Crippen molar-refractivity contribution in [2.45, 2.75) is 0 Å². The summed E-state index contributed by atoms with van der Waals surface area (Å²) >= 11 is 0. The number of pyridine rings is 1. The van der Waals surface area contributed by atoms with E-state index in [2.05, 4.69) is 10.3 Å². The van der Waals surface area contributed by atoms with Gasteiger partial charge in [-0.05, 0) is 24.3 Å². The molecule has 0 aliphatic heterocycles. The van der Waals surface area contributed by atoms with Gasteiger partial charge in [-0.1, -0.05) is 12.1 Å². The van der Waals surface area contributed by atoms with Crippen LogP contribution in [-0.4, -0.2) is 16.1 Å². The molecule has 0 fully saturated rings. The first kappa shape index (κ1) is 10.9. The summed E-state index contributed by atoms with van der Waals surface area (Å²) in [5.74, 6) is -0.434. The highest BCUT2D eigenvalue weighted by molar-refractivity contribution is 5.94. The van der Waals surface area contributed by atoms with E-state index in [1.807, 2.05) is 0 Å². The summed E-state index contributed by atoms with van der Waals surface area (Å²) in [6, 6.07) is 10.0. The maximum absolute atomic E-state index is 11.0. The molecule has 0 saturated carbocycles. The zero-order valence-electron chi connectivity index (χ0n) is 8.92. The van der Waals surface area contributed by atoms with Gasteiger partial charge in [0, 0.05) is 0 Å². The molecule has 2 aromatic rings. The number of nitrogen functional groups attached to an aromatic ring is 1. The van der Waals surface area contributed by atoms with Crippen LogP contribution in [0.3, 0.4) is 0 Å². The lowest BCUT2D eigenvalue weighted by atomic mass is 10.2. The number of aromatic carboxylic acids is 1. The normalized spacial score (nSPS) is 9.88. The molecule has 0 atom stereocenters. The third-order valence-electron chi connectivity index (χ3n) is 2.21. The Morgan fingerprint density at radius 1 is 1.24 bits per heavy atom. The predicted molar refractivity (Wildman–Crippen MR) is 65.3 cm³/mol. The van der Waals surface area contributed by atoms with Gasteiger partial charge in [-0.15, -0.1) is 0 Å². The number of aromatic nitrogens is 1. The number of carboxylic acids is 1. The van der Waals surface area contributed by atoms with Crippen molar-refractivity contribution in [3.05, 3.63) is 48.2 Å². The van der Waals surface area contributed by atoms with Gasteiger partial charge >= 0.3 is 5.97 Å². The number of nitrogens with one attached hydrogen (secondary N) is 1. The maximum Gasteiger partial charge on any atom is 0.337 e. The number of para-hydroxylation sites is 1. The number of anilines is 3. The molecule has 0 spiro atoms. The topological polar surface area (TPSA) is 88.2 Å². The number of carboxylic acid groups (broad SMARTS) is 1. The van der Waals surface area contributed by atoms with Crippen LogP contribution in [-0.2, 0) is 0 Å². The highest BCUT2D eigenvalue weighted by Gasteiger charge is 2.08. The first-order valence-corrected chi connectivity index (χ1v) is 4.97. The minimum Gasteiger partial charge on any atom is -0.478 e. The fourth-order valence-corrected chi connectivity index (χ4v) is 1.40. The summed E-state index contributed by atoms with van der Waals surface area (Å²) < 4.78 is 0. The molecular weight excluding hydrogens is 218 g/mol. The summed E-state index contributed by atoms with van der Waals surface area (Å²) in [5, 5.41) is 11.9. The molecule has 1 aromatic heterocycles. The quantitative estimate of drug-likeness (QED) is 0.750. The Morgan fingerprint density at radius 3 is 2.65 bits per heavy atom. The van der Waals surface area contributed by atoms with Gasteiger partial charge in [0.25, 0.3) is 0 Å². The van der Waals surface area contributed by atoms with E-state index in [-0.39, 0.29) is 5.56 Å². The van der Waals surface area contributed by atoms with Crippen LogP contribution in [0.2, 0.25) is 0 Å². The number of rotatable bonds is 3. The molecule has 4 N–H and O–H groups in total. The number of benzene rings is 1. The molecule has 1 aromatic carbocycles. The van der Waals surface area contributed by atoms with Gasteiger partial charge in [0.05, 0.1) is 23.1 Å². The van der Waals surface area contributed by atoms with Crippen molar-refractivity contribution in [1.29, 1.82) is 0 Å². The Balaban J connectivity index is 2.30. The Morgan fingerprint density at radius 2 is 2.00 bits per heavy atom. The molecule has 1 heterocycles. The van der Waals surface area contributed by atoms with Crippen LogP contribution in [0, 0.1) is 0 Å². The van der Waals surface area contributed by atoms with Crippen LogP contribution in [0.4, 0.5) is 17.2 Å². The molecule has 0 saturated heterocycles. The van der Waals surface area contributed by atoms with E-state index in [4.69, 9.17) is 10.8 Å². The van der Waals surface area contributed by atoms with Gasteiger partial charge in [0.1, 0.15) is 5.82 Å². The fourth-order valence-electron chi connectivity index (χ4n) is 1.40. The minimum atomic E-state index is -0.983. The number of nitrogens with zero attached hydrogens (tertiary/aromatic N) is 1. The molecule has 5 nitrogen and oxygen atoms in total. The molecule has 0 bridgehead atoms. The summed E-state index contributed by atoms with van der Waals surface area (Å²) in [6.07, 6.45) is 1.51. The van der Waals surface area contributed by atoms with E-state index in [1.165, 1.54) is 12.3 Å². The van der Waals surface area contributed by atoms with E-state index in [9.17, 15) is 4.79 Å². The SMILES string of the molecule is Nc1ccc(Nc2ccccc2C(=O)O)nc1. The molecule has 0 aliphatic carbocycles. The van der Waals surface area contributed by atoms with Crippen molar-refractivity contribution >= 4 is 23.2 Å². The van der Waals surface area contributed by atoms with Crippen LogP contribution in [0.15, 0.2) is 42.6 Å². The molecule has 17 heavy (non-hydrogen) atoms. The summed E-state index contributed by atoms with van der Waals surface area (Å²) in [4.78, 5) is 15.0. The summed E-state index contributed by atoms with van der Waals surface area (Å²) in [6.45, 7) is 0. The Bertz CT molecular complexity index is 538. The van der Waals surface area contributed by atoms with Gasteiger partial charge in [0.2, 0.25) is 0 Å². The van der Waals surface area contributed by atoms with Crippen LogP contribution < -0.4 is 11.1 Å². The lowest BCUT2D eigenvalue weighted by Crippen LogP contribution is -2.03. The van der Waals surface area contributed by atoms with Gasteiger partial charge in [-0.25, -0.2) is 9.78 Å². The second-order valence-corrected chi connectivity index (χ2v) is 3.45. The molecule has 5 heteroatoms. The van der Waals surface area contributed by atoms with Crippen molar-refractivity contribution < 1.29 is 9.90 Å². The maximum atomic E-state index is 11.0. The monoisotopic (exact) mass is 229 g/mol. The average Bonchev–Trinajstić information content (AvgIpc) is 2.32. The summed E-state index contributed by atoms with van der Waals surface area (Å²) in [5.41, 5.74) is 6.77. The van der Waals surface area contributed by atoms with Crippen molar-refractivity contribution in [3.8, 4) is 0 Å². The largest absolute Gasteiger partial charge is 0.478 e. The molecular formula is C12H11N3O2. The lowest BCUT2D eigenvalue weighted by Gasteiger charge is -2.08. The standard InChI is InChI=1S/C12H11N3O2/c13-8-5-6-11(14-7-8)15-10-4-2-1-3-9(10)12(16)17/h1-7H,13H2,(H,14,15)(H,16,17). The predicted octanol–water partition coefficient (Wildman–Crippen LogP) is 2.11. The van der Waals surface area contributed by atoms with E-state index in [1.54, 1.807) is 30.3 Å². The second-order valence-electron chi connectivity index (χ2n) is 3.45. The highest BCUT2D eigenvalue weighted by Crippen LogP contribution is 2.19. The molecule has 2 rings (SSSR count). The number of carbonyl (C=O) groups is 1. The lowest BCUT2D eigenvalue weighted by molar-refractivity contribution is 0.0698. The van der Waals surface area contributed by atoms with Crippen LogP contribution in [0.1, 0.15) is 10.4 Å². The van der Waals surface area contributed by atoms with Gasteiger partial charge in [-0.3, -0.25) is 0 Å². The van der Waals surface area contributed by atoms with Gasteiger partial charge in [0.15, 0.2) is 0 Å². The average molecular weight is 229 g/mol. The molecule has 0 unspecified atom stereocenters. The third kappa shape index (κ3) is 2.52. The van der Waals surface area contributed by atoms with Crippen LogP contribution >= 0.6 is 0 Å². The smallest absolute Gasteiger partial charge is 0.337 e. The second kappa shape index (κ2) is 4.52. The Kier molecular flexibility index (Phi) is 2.91. The number of nitrogens with two attached hydrogens (primary N) is 1. The van der Waals surface area contributed by atoms with Gasteiger partial charge < -0.3 is 16.2 Å².